The molecule has 7 heteroatoms. The number of benzene rings is 2. The predicted molar refractivity (Wildman–Crippen MR) is 120 cm³/mol. The zero-order chi connectivity index (χ0) is 21.4. The van der Waals surface area contributed by atoms with Crippen molar-refractivity contribution < 1.29 is 13.2 Å². The molecule has 30 heavy (non-hydrogen) atoms. The van der Waals surface area contributed by atoms with E-state index in [1.807, 2.05) is 65.6 Å². The van der Waals surface area contributed by atoms with Crippen LogP contribution in [0.15, 0.2) is 60.7 Å². The van der Waals surface area contributed by atoms with Crippen LogP contribution in [0, 0.1) is 0 Å². The minimum absolute atomic E-state index is 0.172. The summed E-state index contributed by atoms with van der Waals surface area (Å²) < 4.78 is 26.5. The van der Waals surface area contributed by atoms with Crippen molar-refractivity contribution in [3.63, 3.8) is 0 Å². The maximum atomic E-state index is 13.5. The Morgan fingerprint density at radius 2 is 1.73 bits per heavy atom. The average molecular weight is 430 g/mol. The van der Waals surface area contributed by atoms with Gasteiger partial charge < -0.3 is 10.2 Å². The van der Waals surface area contributed by atoms with Crippen LogP contribution in [0.25, 0.3) is 0 Å². The molecule has 2 aromatic rings. The van der Waals surface area contributed by atoms with Gasteiger partial charge in [-0.1, -0.05) is 60.7 Å². The summed E-state index contributed by atoms with van der Waals surface area (Å²) in [6.07, 6.45) is 4.28. The molecule has 0 aliphatic carbocycles. The van der Waals surface area contributed by atoms with E-state index in [9.17, 15) is 13.2 Å². The highest BCUT2D eigenvalue weighted by Crippen LogP contribution is 2.13. The van der Waals surface area contributed by atoms with E-state index in [0.717, 1.165) is 43.2 Å². The average Bonchev–Trinajstić information content (AvgIpc) is 3.24. The Bertz CT molecular complexity index is 898. The zero-order valence-electron chi connectivity index (χ0n) is 17.5. The first kappa shape index (κ1) is 22.5. The van der Waals surface area contributed by atoms with Crippen LogP contribution >= 0.6 is 0 Å². The molecule has 0 spiro atoms. The topological polar surface area (TPSA) is 78.5 Å². The highest BCUT2D eigenvalue weighted by molar-refractivity contribution is 7.88. The third-order valence-corrected chi connectivity index (χ3v) is 6.08. The van der Waals surface area contributed by atoms with Crippen LogP contribution in [-0.4, -0.2) is 57.2 Å². The van der Waals surface area contributed by atoms with E-state index in [1.54, 1.807) is 0 Å². The Hall–Kier alpha value is -2.22. The summed E-state index contributed by atoms with van der Waals surface area (Å²) in [5.74, 6) is -0.172. The Kier molecular flexibility index (Phi) is 8.01. The van der Waals surface area contributed by atoms with Gasteiger partial charge in [-0.25, -0.2) is 13.1 Å². The van der Waals surface area contributed by atoms with E-state index in [0.29, 0.717) is 19.5 Å². The lowest BCUT2D eigenvalue weighted by Crippen LogP contribution is -2.52. The SMILES string of the molecule is CS(=O)(=O)N[C@H](Cc1ccccc1)C(=O)N(CCc1ccccc1)C[C@@H]1CCCN1. The molecule has 0 saturated carbocycles. The first-order chi connectivity index (χ1) is 14.4. The summed E-state index contributed by atoms with van der Waals surface area (Å²) in [5.41, 5.74) is 2.08. The molecule has 1 aliphatic heterocycles. The molecule has 0 aromatic heterocycles. The third-order valence-electron chi connectivity index (χ3n) is 5.37. The number of hydrogen-bond donors (Lipinski definition) is 2. The molecule has 2 atom stereocenters. The van der Waals surface area contributed by atoms with Gasteiger partial charge in [0.2, 0.25) is 15.9 Å². The fourth-order valence-electron chi connectivity index (χ4n) is 3.89. The quantitative estimate of drug-likeness (QED) is 0.605. The molecule has 0 radical (unpaired) electrons. The second kappa shape index (κ2) is 10.7. The van der Waals surface area contributed by atoms with E-state index >= 15 is 0 Å². The molecule has 1 fully saturated rings. The number of carbonyl (C=O) groups excluding carboxylic acids is 1. The van der Waals surface area contributed by atoms with Crippen LogP contribution in [0.1, 0.15) is 24.0 Å². The molecule has 1 saturated heterocycles. The van der Waals surface area contributed by atoms with Crippen molar-refractivity contribution in [2.75, 3.05) is 25.9 Å². The maximum absolute atomic E-state index is 13.5. The van der Waals surface area contributed by atoms with E-state index in [2.05, 4.69) is 10.0 Å². The van der Waals surface area contributed by atoms with Crippen molar-refractivity contribution >= 4 is 15.9 Å². The first-order valence-corrected chi connectivity index (χ1v) is 12.4. The number of amides is 1. The molecule has 1 heterocycles. The number of carbonyl (C=O) groups is 1. The van der Waals surface area contributed by atoms with Crippen molar-refractivity contribution in [3.05, 3.63) is 71.8 Å². The van der Waals surface area contributed by atoms with Crippen molar-refractivity contribution in [2.45, 2.75) is 37.8 Å². The summed E-state index contributed by atoms with van der Waals surface area (Å²) in [4.78, 5) is 15.3. The van der Waals surface area contributed by atoms with Crippen molar-refractivity contribution in [1.29, 1.82) is 0 Å². The molecule has 2 N–H and O–H groups in total. The van der Waals surface area contributed by atoms with Gasteiger partial charge in [-0.3, -0.25) is 4.79 Å². The van der Waals surface area contributed by atoms with Gasteiger partial charge in [-0.15, -0.1) is 0 Å². The van der Waals surface area contributed by atoms with E-state index in [4.69, 9.17) is 0 Å². The second-order valence-electron chi connectivity index (χ2n) is 7.95. The van der Waals surface area contributed by atoms with Gasteiger partial charge >= 0.3 is 0 Å². The number of sulfonamides is 1. The minimum atomic E-state index is -3.53. The van der Waals surface area contributed by atoms with Crippen LogP contribution < -0.4 is 10.0 Å². The standard InChI is InChI=1S/C23H31N3O3S/c1-30(28,29)25-22(17-20-11-6-3-7-12-20)23(27)26(18-21-13-8-15-24-21)16-14-19-9-4-2-5-10-19/h2-7,9-12,21-22,24-25H,8,13-18H2,1H3/t21-,22+/m0/s1. The Morgan fingerprint density at radius 3 is 2.30 bits per heavy atom. The van der Waals surface area contributed by atoms with Crippen LogP contribution in [0.4, 0.5) is 0 Å². The number of hydrogen-bond acceptors (Lipinski definition) is 4. The van der Waals surface area contributed by atoms with E-state index in [1.165, 1.54) is 0 Å². The molecule has 1 amide bonds. The second-order valence-corrected chi connectivity index (χ2v) is 9.73. The largest absolute Gasteiger partial charge is 0.339 e. The molecule has 1 aliphatic rings. The summed E-state index contributed by atoms with van der Waals surface area (Å²) >= 11 is 0. The van der Waals surface area contributed by atoms with Gasteiger partial charge in [-0.05, 0) is 43.4 Å². The Balaban J connectivity index is 1.77. The van der Waals surface area contributed by atoms with Crippen LogP contribution in [0.2, 0.25) is 0 Å². The predicted octanol–water partition coefficient (Wildman–Crippen LogP) is 1.97. The molecular formula is C23H31N3O3S. The zero-order valence-corrected chi connectivity index (χ0v) is 18.3. The maximum Gasteiger partial charge on any atom is 0.241 e. The smallest absolute Gasteiger partial charge is 0.241 e. The van der Waals surface area contributed by atoms with Gasteiger partial charge in [0, 0.05) is 19.1 Å². The van der Waals surface area contributed by atoms with Crippen LogP contribution in [-0.2, 0) is 27.7 Å². The van der Waals surface area contributed by atoms with Crippen molar-refractivity contribution in [3.8, 4) is 0 Å². The lowest BCUT2D eigenvalue weighted by atomic mass is 10.0. The fourth-order valence-corrected chi connectivity index (χ4v) is 4.59. The van der Waals surface area contributed by atoms with Gasteiger partial charge in [0.05, 0.1) is 6.26 Å². The highest BCUT2D eigenvalue weighted by Gasteiger charge is 2.29. The summed E-state index contributed by atoms with van der Waals surface area (Å²) in [6, 6.07) is 19.0. The Labute approximate surface area is 179 Å². The lowest BCUT2D eigenvalue weighted by molar-refractivity contribution is -0.133. The van der Waals surface area contributed by atoms with Crippen molar-refractivity contribution in [2.24, 2.45) is 0 Å². The van der Waals surface area contributed by atoms with Gasteiger partial charge in [-0.2, -0.15) is 0 Å². The van der Waals surface area contributed by atoms with Gasteiger partial charge in [0.25, 0.3) is 0 Å². The third kappa shape index (κ3) is 7.23. The summed E-state index contributed by atoms with van der Waals surface area (Å²) in [6.45, 7) is 2.10. The van der Waals surface area contributed by atoms with Crippen LogP contribution in [0.5, 0.6) is 0 Å². The molecular weight excluding hydrogens is 398 g/mol. The van der Waals surface area contributed by atoms with E-state index in [-0.39, 0.29) is 11.9 Å². The summed E-state index contributed by atoms with van der Waals surface area (Å²) in [7, 11) is -3.53. The number of rotatable bonds is 10. The highest BCUT2D eigenvalue weighted by atomic mass is 32.2. The first-order valence-electron chi connectivity index (χ1n) is 10.5. The molecule has 0 bridgehead atoms. The molecule has 6 nitrogen and oxygen atoms in total. The van der Waals surface area contributed by atoms with Gasteiger partial charge in [0.1, 0.15) is 6.04 Å². The molecule has 2 aromatic carbocycles. The lowest BCUT2D eigenvalue weighted by Gasteiger charge is -2.30. The van der Waals surface area contributed by atoms with Crippen LogP contribution in [0.3, 0.4) is 0 Å². The molecule has 3 rings (SSSR count). The van der Waals surface area contributed by atoms with Crippen molar-refractivity contribution in [1.82, 2.24) is 14.9 Å². The monoisotopic (exact) mass is 429 g/mol. The number of nitrogens with zero attached hydrogens (tertiary/aromatic N) is 1. The van der Waals surface area contributed by atoms with E-state index < -0.39 is 16.1 Å². The minimum Gasteiger partial charge on any atom is -0.339 e. The molecule has 0 unspecified atom stereocenters. The molecule has 162 valence electrons. The van der Waals surface area contributed by atoms with Gasteiger partial charge in [0.15, 0.2) is 0 Å². The Morgan fingerprint density at radius 1 is 1.10 bits per heavy atom. The fraction of sp³-hybridized carbons (Fsp3) is 0.435. The summed E-state index contributed by atoms with van der Waals surface area (Å²) in [5, 5.41) is 3.44. The normalized spacial score (nSPS) is 17.6. The number of nitrogens with one attached hydrogen (secondary N) is 2.